The van der Waals surface area contributed by atoms with Crippen molar-refractivity contribution < 1.29 is 0 Å². The molecule has 19 heavy (non-hydrogen) atoms. The lowest BCUT2D eigenvalue weighted by atomic mass is 10.2. The number of hydrogen-bond acceptors (Lipinski definition) is 5. The summed E-state index contributed by atoms with van der Waals surface area (Å²) in [5, 5.41) is 20.9. The molecule has 0 aliphatic carbocycles. The Morgan fingerprint density at radius 2 is 2.16 bits per heavy atom. The zero-order chi connectivity index (χ0) is 13.7. The molecule has 1 aromatic carbocycles. The van der Waals surface area contributed by atoms with E-state index in [9.17, 15) is 0 Å². The largest absolute Gasteiger partial charge is 0.306 e. The van der Waals surface area contributed by atoms with Crippen molar-refractivity contribution in [1.82, 2.24) is 9.55 Å². The van der Waals surface area contributed by atoms with Crippen LogP contribution in [0.4, 0.5) is 5.69 Å². The fourth-order valence-corrected chi connectivity index (χ4v) is 1.54. The van der Waals surface area contributed by atoms with Crippen LogP contribution in [0.5, 0.6) is 0 Å². The summed E-state index contributed by atoms with van der Waals surface area (Å²) in [6, 6.07) is 9.06. The molecule has 0 fully saturated rings. The highest BCUT2D eigenvalue weighted by molar-refractivity contribution is 6.10. The second-order valence-corrected chi connectivity index (χ2v) is 3.76. The summed E-state index contributed by atoms with van der Waals surface area (Å²) < 4.78 is 1.88. The minimum atomic E-state index is -0.210. The average Bonchev–Trinajstić information content (AvgIpc) is 2.95. The summed E-state index contributed by atoms with van der Waals surface area (Å²) >= 11 is 0. The third-order valence-corrected chi connectivity index (χ3v) is 2.51. The number of nitriles is 2. The summed E-state index contributed by atoms with van der Waals surface area (Å²) in [6.45, 7) is 1.91. The summed E-state index contributed by atoms with van der Waals surface area (Å²) in [7, 11) is 0. The van der Waals surface area contributed by atoms with E-state index in [-0.39, 0.29) is 5.71 Å². The number of nitrogens with one attached hydrogen (secondary N) is 1. The Morgan fingerprint density at radius 3 is 2.74 bits per heavy atom. The lowest BCUT2D eigenvalue weighted by Gasteiger charge is -2.08. The van der Waals surface area contributed by atoms with Crippen molar-refractivity contribution in [3.05, 3.63) is 42.5 Å². The maximum atomic E-state index is 8.59. The van der Waals surface area contributed by atoms with Crippen molar-refractivity contribution in [3.8, 4) is 17.8 Å². The second-order valence-electron chi connectivity index (χ2n) is 3.76. The highest BCUT2D eigenvalue weighted by Crippen LogP contribution is 2.18. The van der Waals surface area contributed by atoms with Gasteiger partial charge in [-0.15, -0.1) is 0 Å². The molecule has 1 N–H and O–H groups in total. The van der Waals surface area contributed by atoms with Crippen molar-refractivity contribution >= 4 is 11.4 Å². The van der Waals surface area contributed by atoms with E-state index in [0.717, 1.165) is 16.9 Å². The van der Waals surface area contributed by atoms with Gasteiger partial charge >= 0.3 is 0 Å². The highest BCUT2D eigenvalue weighted by Gasteiger charge is 2.01. The Hall–Kier alpha value is -3.12. The van der Waals surface area contributed by atoms with E-state index < -0.39 is 0 Å². The highest BCUT2D eigenvalue weighted by atomic mass is 15.3. The molecule has 6 nitrogen and oxygen atoms in total. The molecule has 0 saturated carbocycles. The van der Waals surface area contributed by atoms with Crippen LogP contribution in [0.15, 0.2) is 42.0 Å². The maximum Gasteiger partial charge on any atom is 0.237 e. The topological polar surface area (TPSA) is 89.8 Å². The average molecular weight is 250 g/mol. The maximum absolute atomic E-state index is 8.59. The molecule has 0 atom stereocenters. The Labute approximate surface area is 110 Å². The van der Waals surface area contributed by atoms with E-state index in [0.29, 0.717) is 0 Å². The van der Waals surface area contributed by atoms with Crippen molar-refractivity contribution in [2.75, 3.05) is 5.43 Å². The van der Waals surface area contributed by atoms with E-state index >= 15 is 0 Å². The first-order valence-corrected chi connectivity index (χ1v) is 5.47. The van der Waals surface area contributed by atoms with Gasteiger partial charge in [-0.1, -0.05) is 0 Å². The fraction of sp³-hybridized carbons (Fsp3) is 0.0769. The molecule has 0 bridgehead atoms. The quantitative estimate of drug-likeness (QED) is 0.666. The van der Waals surface area contributed by atoms with Crippen LogP contribution in [0.25, 0.3) is 5.69 Å². The van der Waals surface area contributed by atoms with Gasteiger partial charge in [0.15, 0.2) is 0 Å². The summed E-state index contributed by atoms with van der Waals surface area (Å²) in [5.74, 6) is 0. The van der Waals surface area contributed by atoms with Crippen LogP contribution in [-0.2, 0) is 0 Å². The first kappa shape index (κ1) is 12.3. The van der Waals surface area contributed by atoms with E-state index in [2.05, 4.69) is 15.5 Å². The van der Waals surface area contributed by atoms with Crippen LogP contribution in [0, 0.1) is 29.6 Å². The van der Waals surface area contributed by atoms with Gasteiger partial charge in [0.2, 0.25) is 5.71 Å². The second kappa shape index (κ2) is 5.48. The number of imidazole rings is 1. The van der Waals surface area contributed by atoms with Gasteiger partial charge in [-0.3, -0.25) is 5.43 Å². The van der Waals surface area contributed by atoms with Crippen LogP contribution < -0.4 is 5.43 Å². The molecule has 92 valence electrons. The number of aryl methyl sites for hydroxylation is 1. The van der Waals surface area contributed by atoms with Crippen LogP contribution in [0.1, 0.15) is 5.56 Å². The molecule has 0 radical (unpaired) electrons. The third kappa shape index (κ3) is 2.76. The number of hydrazone groups is 1. The molecule has 0 aliphatic rings. The molecular weight excluding hydrogens is 240 g/mol. The number of rotatable bonds is 3. The smallest absolute Gasteiger partial charge is 0.237 e. The Morgan fingerprint density at radius 1 is 1.37 bits per heavy atom. The minimum Gasteiger partial charge on any atom is -0.306 e. The molecule has 0 spiro atoms. The van der Waals surface area contributed by atoms with Gasteiger partial charge in [0.25, 0.3) is 0 Å². The molecule has 2 aromatic rings. The molecule has 0 amide bonds. The van der Waals surface area contributed by atoms with E-state index in [1.165, 1.54) is 0 Å². The summed E-state index contributed by atoms with van der Waals surface area (Å²) in [6.07, 6.45) is 5.27. The third-order valence-electron chi connectivity index (χ3n) is 2.51. The van der Waals surface area contributed by atoms with Gasteiger partial charge in [0.05, 0.1) is 12.0 Å². The molecule has 2 rings (SSSR count). The SMILES string of the molecule is Cc1cc(-n2ccnc2)ccc1NN=C(C#N)C#N. The number of benzene rings is 1. The predicted molar refractivity (Wildman–Crippen MR) is 70.6 cm³/mol. The van der Waals surface area contributed by atoms with E-state index in [1.807, 2.05) is 35.9 Å². The first-order valence-electron chi connectivity index (χ1n) is 5.47. The standard InChI is InChI=1S/C13H10N6/c1-10-6-12(19-5-4-16-9-19)2-3-13(10)18-17-11(7-14)8-15/h2-6,9,18H,1H3. The first-order chi connectivity index (χ1) is 9.24. The molecule has 0 aliphatic heterocycles. The minimum absolute atomic E-state index is 0.210. The zero-order valence-corrected chi connectivity index (χ0v) is 10.2. The molecule has 0 saturated heterocycles. The van der Waals surface area contributed by atoms with Crippen LogP contribution in [0.2, 0.25) is 0 Å². The number of hydrogen-bond donors (Lipinski definition) is 1. The lowest BCUT2D eigenvalue weighted by Crippen LogP contribution is -1.99. The Balaban J connectivity index is 2.24. The Bertz CT molecular complexity index is 669. The van der Waals surface area contributed by atoms with Crippen molar-refractivity contribution in [2.45, 2.75) is 6.92 Å². The lowest BCUT2D eigenvalue weighted by molar-refractivity contribution is 1.05. The molecule has 6 heteroatoms. The molecular formula is C13H10N6. The molecule has 1 aromatic heterocycles. The molecule has 0 unspecified atom stereocenters. The Kier molecular flexibility index (Phi) is 3.56. The summed E-state index contributed by atoms with van der Waals surface area (Å²) in [4.78, 5) is 3.99. The van der Waals surface area contributed by atoms with Gasteiger partial charge in [0, 0.05) is 18.1 Å². The summed E-state index contributed by atoms with van der Waals surface area (Å²) in [5.41, 5.74) is 5.16. The fourth-order valence-electron chi connectivity index (χ4n) is 1.54. The van der Waals surface area contributed by atoms with E-state index in [4.69, 9.17) is 10.5 Å². The van der Waals surface area contributed by atoms with Gasteiger partial charge in [-0.2, -0.15) is 15.6 Å². The normalized spacial score (nSPS) is 9.21. The van der Waals surface area contributed by atoms with Gasteiger partial charge < -0.3 is 4.57 Å². The monoisotopic (exact) mass is 250 g/mol. The van der Waals surface area contributed by atoms with Crippen LogP contribution >= 0.6 is 0 Å². The number of anilines is 1. The van der Waals surface area contributed by atoms with Gasteiger partial charge in [-0.05, 0) is 30.7 Å². The van der Waals surface area contributed by atoms with Crippen LogP contribution in [0.3, 0.4) is 0 Å². The van der Waals surface area contributed by atoms with Crippen molar-refractivity contribution in [1.29, 1.82) is 10.5 Å². The van der Waals surface area contributed by atoms with Gasteiger partial charge in [0.1, 0.15) is 12.1 Å². The van der Waals surface area contributed by atoms with Crippen molar-refractivity contribution in [3.63, 3.8) is 0 Å². The zero-order valence-electron chi connectivity index (χ0n) is 10.2. The van der Waals surface area contributed by atoms with Gasteiger partial charge in [-0.25, -0.2) is 4.98 Å². The number of nitrogens with zero attached hydrogens (tertiary/aromatic N) is 5. The number of aromatic nitrogens is 2. The van der Waals surface area contributed by atoms with Crippen molar-refractivity contribution in [2.24, 2.45) is 5.10 Å². The predicted octanol–water partition coefficient (Wildman–Crippen LogP) is 2.00. The van der Waals surface area contributed by atoms with Crippen LogP contribution in [-0.4, -0.2) is 15.3 Å². The molecule has 1 heterocycles. The van der Waals surface area contributed by atoms with E-state index in [1.54, 1.807) is 24.7 Å².